The molecule has 166 valence electrons. The molecule has 0 saturated carbocycles. The topological polar surface area (TPSA) is 43.8 Å². The minimum Gasteiger partial charge on any atom is -0.353 e. The Morgan fingerprint density at radius 3 is 2.50 bits per heavy atom. The normalized spacial score (nSPS) is 15.5. The number of hydrogen-bond acceptors (Lipinski definition) is 5. The smallest absolute Gasteiger partial charge is 0.138 e. The van der Waals surface area contributed by atoms with Crippen LogP contribution in [0.15, 0.2) is 72.0 Å². The predicted octanol–water partition coefficient (Wildman–Crippen LogP) is 5.54. The Balaban J connectivity index is 0.00000245. The summed E-state index contributed by atoms with van der Waals surface area (Å²) < 4.78 is 0. The molecule has 3 aromatic rings. The van der Waals surface area contributed by atoms with Crippen molar-refractivity contribution in [1.82, 2.24) is 14.8 Å². The zero-order valence-electron chi connectivity index (χ0n) is 17.9. The minimum absolute atomic E-state index is 0. The average Bonchev–Trinajstić information content (AvgIpc) is 2.97. The van der Waals surface area contributed by atoms with E-state index in [1.54, 1.807) is 0 Å². The van der Waals surface area contributed by atoms with Gasteiger partial charge in [0.15, 0.2) is 0 Å². The van der Waals surface area contributed by atoms with Gasteiger partial charge in [0.05, 0.1) is 11.4 Å². The molecule has 0 spiro atoms. The average molecular weight is 468 g/mol. The molecule has 2 aromatic carbocycles. The van der Waals surface area contributed by atoms with Gasteiger partial charge < -0.3 is 10.2 Å². The highest BCUT2D eigenvalue weighted by Gasteiger charge is 2.24. The second-order valence-corrected chi connectivity index (χ2v) is 8.49. The number of fused-ring (bicyclic) bond motifs is 2. The van der Waals surface area contributed by atoms with Crippen LogP contribution in [0.25, 0.3) is 0 Å². The number of benzene rings is 2. The van der Waals surface area contributed by atoms with E-state index >= 15 is 0 Å². The van der Waals surface area contributed by atoms with E-state index in [4.69, 9.17) is 16.6 Å². The first-order valence-corrected chi connectivity index (χ1v) is 11.2. The van der Waals surface area contributed by atoms with E-state index in [2.05, 4.69) is 56.5 Å². The van der Waals surface area contributed by atoms with Gasteiger partial charge in [0.25, 0.3) is 0 Å². The number of anilines is 2. The Kier molecular flexibility index (Phi) is 7.30. The molecule has 2 aliphatic heterocycles. The lowest BCUT2D eigenvalue weighted by molar-refractivity contribution is 0.181. The van der Waals surface area contributed by atoms with Gasteiger partial charge in [0.2, 0.25) is 0 Å². The third kappa shape index (κ3) is 5.07. The highest BCUT2D eigenvalue weighted by molar-refractivity contribution is 6.31. The van der Waals surface area contributed by atoms with Crippen molar-refractivity contribution in [3.05, 3.63) is 83.1 Å². The summed E-state index contributed by atoms with van der Waals surface area (Å²) in [6, 6.07) is 18.5. The molecule has 1 aromatic heterocycles. The summed E-state index contributed by atoms with van der Waals surface area (Å²) in [5.74, 6) is 1.03. The van der Waals surface area contributed by atoms with Crippen molar-refractivity contribution in [1.29, 1.82) is 0 Å². The number of aliphatic imine (C=N–C) groups is 1. The maximum atomic E-state index is 6.27. The molecule has 32 heavy (non-hydrogen) atoms. The van der Waals surface area contributed by atoms with Crippen molar-refractivity contribution in [2.45, 2.75) is 12.8 Å². The molecule has 2 aliphatic rings. The first-order chi connectivity index (χ1) is 15.3. The second-order valence-electron chi connectivity index (χ2n) is 8.06. The van der Waals surface area contributed by atoms with Crippen molar-refractivity contribution in [3.8, 4) is 0 Å². The lowest BCUT2D eigenvalue weighted by Crippen LogP contribution is -2.49. The van der Waals surface area contributed by atoms with Gasteiger partial charge in [0.1, 0.15) is 5.84 Å². The number of aryl methyl sites for hydroxylation is 1. The van der Waals surface area contributed by atoms with Gasteiger partial charge in [-0.15, -0.1) is 12.4 Å². The van der Waals surface area contributed by atoms with Gasteiger partial charge in [-0.2, -0.15) is 0 Å². The second kappa shape index (κ2) is 10.3. The molecule has 5 nitrogen and oxygen atoms in total. The standard InChI is InChI=1S/C25H26ClN5.ClH/c26-20-7-8-23-24(18-20)29-25(21-5-1-2-6-22(21)28-23)31-16-14-30(15-17-31)13-3-4-19-9-11-27-12-10-19;/h1-2,5-12,18,28H,3-4,13-17H2;1H. The van der Waals surface area contributed by atoms with Gasteiger partial charge in [-0.1, -0.05) is 23.7 Å². The number of nitrogens with zero attached hydrogens (tertiary/aromatic N) is 4. The van der Waals surface area contributed by atoms with E-state index < -0.39 is 0 Å². The van der Waals surface area contributed by atoms with Crippen molar-refractivity contribution in [2.24, 2.45) is 4.99 Å². The van der Waals surface area contributed by atoms with E-state index in [9.17, 15) is 0 Å². The molecular formula is C25H27Cl2N5. The fourth-order valence-corrected chi connectivity index (χ4v) is 4.46. The maximum Gasteiger partial charge on any atom is 0.138 e. The Labute approximate surface area is 200 Å². The largest absolute Gasteiger partial charge is 0.353 e. The molecule has 1 saturated heterocycles. The van der Waals surface area contributed by atoms with Crippen LogP contribution in [-0.4, -0.2) is 53.3 Å². The van der Waals surface area contributed by atoms with Crippen molar-refractivity contribution in [2.75, 3.05) is 38.0 Å². The summed E-state index contributed by atoms with van der Waals surface area (Å²) in [6.07, 6.45) is 6.02. The van der Waals surface area contributed by atoms with Crippen LogP contribution in [0.1, 0.15) is 17.5 Å². The van der Waals surface area contributed by atoms with Crippen LogP contribution in [0.2, 0.25) is 5.02 Å². The molecule has 7 heteroatoms. The lowest BCUT2D eigenvalue weighted by Gasteiger charge is -2.36. The lowest BCUT2D eigenvalue weighted by atomic mass is 10.1. The fraction of sp³-hybridized carbons (Fsp3) is 0.280. The zero-order chi connectivity index (χ0) is 21.0. The number of amidine groups is 1. The van der Waals surface area contributed by atoms with Gasteiger partial charge in [0, 0.05) is 54.8 Å². The highest BCUT2D eigenvalue weighted by atomic mass is 35.5. The van der Waals surface area contributed by atoms with E-state index in [1.165, 1.54) is 12.0 Å². The molecule has 1 N–H and O–H groups in total. The molecule has 0 unspecified atom stereocenters. The molecule has 5 rings (SSSR count). The van der Waals surface area contributed by atoms with Crippen LogP contribution in [-0.2, 0) is 6.42 Å². The molecule has 0 radical (unpaired) electrons. The number of halogens is 2. The summed E-state index contributed by atoms with van der Waals surface area (Å²) >= 11 is 6.27. The van der Waals surface area contributed by atoms with Crippen molar-refractivity contribution < 1.29 is 0 Å². The Hall–Kier alpha value is -2.60. The Morgan fingerprint density at radius 2 is 1.69 bits per heavy atom. The first-order valence-electron chi connectivity index (χ1n) is 10.9. The quantitative estimate of drug-likeness (QED) is 0.546. The van der Waals surface area contributed by atoms with Gasteiger partial charge in [-0.25, -0.2) is 4.99 Å². The highest BCUT2D eigenvalue weighted by Crippen LogP contribution is 2.36. The van der Waals surface area contributed by atoms with Crippen molar-refractivity contribution in [3.63, 3.8) is 0 Å². The molecule has 3 heterocycles. The van der Waals surface area contributed by atoms with Gasteiger partial charge in [-0.3, -0.25) is 9.88 Å². The maximum absolute atomic E-state index is 6.27. The third-order valence-electron chi connectivity index (χ3n) is 5.98. The number of para-hydroxylation sites is 1. The number of aromatic nitrogens is 1. The molecule has 0 atom stereocenters. The number of rotatable bonds is 4. The number of nitrogens with one attached hydrogen (secondary N) is 1. The molecule has 0 aliphatic carbocycles. The number of hydrogen-bond donors (Lipinski definition) is 1. The summed E-state index contributed by atoms with van der Waals surface area (Å²) in [6.45, 7) is 5.16. The Bertz CT molecular complexity index is 1080. The van der Waals surface area contributed by atoms with Crippen LogP contribution in [0.4, 0.5) is 17.1 Å². The Morgan fingerprint density at radius 1 is 0.906 bits per heavy atom. The molecule has 0 amide bonds. The summed E-state index contributed by atoms with van der Waals surface area (Å²) in [5, 5.41) is 4.24. The minimum atomic E-state index is 0. The monoisotopic (exact) mass is 467 g/mol. The van der Waals surface area contributed by atoms with E-state index in [-0.39, 0.29) is 12.4 Å². The summed E-state index contributed by atoms with van der Waals surface area (Å²) in [7, 11) is 0. The zero-order valence-corrected chi connectivity index (χ0v) is 19.4. The van der Waals surface area contributed by atoms with Gasteiger partial charge >= 0.3 is 0 Å². The third-order valence-corrected chi connectivity index (χ3v) is 6.22. The van der Waals surface area contributed by atoms with Crippen LogP contribution in [0, 0.1) is 0 Å². The molecule has 0 bridgehead atoms. The first kappa shape index (κ1) is 22.6. The summed E-state index contributed by atoms with van der Waals surface area (Å²) in [4.78, 5) is 14.1. The predicted molar refractivity (Wildman–Crippen MR) is 135 cm³/mol. The van der Waals surface area contributed by atoms with E-state index in [0.29, 0.717) is 5.02 Å². The van der Waals surface area contributed by atoms with E-state index in [0.717, 1.165) is 67.6 Å². The fourth-order valence-electron chi connectivity index (χ4n) is 4.29. The van der Waals surface area contributed by atoms with E-state index in [1.807, 2.05) is 30.6 Å². The van der Waals surface area contributed by atoms with Crippen LogP contribution >= 0.6 is 24.0 Å². The van der Waals surface area contributed by atoms with Crippen molar-refractivity contribution >= 4 is 46.9 Å². The molecular weight excluding hydrogens is 441 g/mol. The van der Waals surface area contributed by atoms with Crippen LogP contribution in [0.3, 0.4) is 0 Å². The van der Waals surface area contributed by atoms with Crippen LogP contribution < -0.4 is 5.32 Å². The number of pyridine rings is 1. The van der Waals surface area contributed by atoms with Gasteiger partial charge in [-0.05, 0) is 67.4 Å². The summed E-state index contributed by atoms with van der Waals surface area (Å²) in [5.41, 5.74) is 5.46. The molecule has 1 fully saturated rings. The SMILES string of the molecule is Cl.Clc1ccc2c(c1)N=C(N1CCN(CCCc3ccncc3)CC1)c1ccccc1N2. The van der Waals surface area contributed by atoms with Crippen LogP contribution in [0.5, 0.6) is 0 Å². The number of piperazine rings is 1.